The Labute approximate surface area is 91.4 Å². The van der Waals surface area contributed by atoms with Crippen LogP contribution in [0.25, 0.3) is 0 Å². The topological polar surface area (TPSA) is 72.8 Å². The van der Waals surface area contributed by atoms with Gasteiger partial charge in [0.2, 0.25) is 0 Å². The fourth-order valence-electron chi connectivity index (χ4n) is 0.694. The standard InChI is InChI=1S/C7H5BrO5S/c1-12-7(11)13-4-3(8)2-14-5(4)6(9)10/h2H,1H3,(H,9,10). The molecule has 1 aromatic heterocycles. The van der Waals surface area contributed by atoms with E-state index in [-0.39, 0.29) is 10.6 Å². The van der Waals surface area contributed by atoms with E-state index in [1.807, 2.05) is 0 Å². The molecule has 0 atom stereocenters. The van der Waals surface area contributed by atoms with Crippen molar-refractivity contribution >= 4 is 39.4 Å². The van der Waals surface area contributed by atoms with Crippen LogP contribution in [0.1, 0.15) is 9.67 Å². The summed E-state index contributed by atoms with van der Waals surface area (Å²) >= 11 is 4.01. The number of rotatable bonds is 2. The van der Waals surface area contributed by atoms with Crippen LogP contribution in [0.15, 0.2) is 9.85 Å². The summed E-state index contributed by atoms with van der Waals surface area (Å²) in [5.74, 6) is -1.19. The minimum absolute atomic E-state index is 0.0330. The molecule has 1 rings (SSSR count). The highest BCUT2D eigenvalue weighted by atomic mass is 79.9. The van der Waals surface area contributed by atoms with E-state index in [2.05, 4.69) is 25.4 Å². The predicted octanol–water partition coefficient (Wildman–Crippen LogP) is 2.35. The summed E-state index contributed by atoms with van der Waals surface area (Å²) < 4.78 is 9.30. The lowest BCUT2D eigenvalue weighted by atomic mass is 10.4. The number of methoxy groups -OCH3 is 1. The average Bonchev–Trinajstić information content (AvgIpc) is 2.48. The van der Waals surface area contributed by atoms with Crippen molar-refractivity contribution in [1.29, 1.82) is 0 Å². The van der Waals surface area contributed by atoms with Crippen LogP contribution in [-0.4, -0.2) is 24.3 Å². The number of carbonyl (C=O) groups excluding carboxylic acids is 1. The summed E-state index contributed by atoms with van der Waals surface area (Å²) in [6, 6.07) is 0. The second-order valence-electron chi connectivity index (χ2n) is 2.10. The Bertz CT molecular complexity index is 372. The summed E-state index contributed by atoms with van der Waals surface area (Å²) in [6.45, 7) is 0. The van der Waals surface area contributed by atoms with Crippen LogP contribution in [0.4, 0.5) is 4.79 Å². The Kier molecular flexibility index (Phi) is 3.48. The highest BCUT2D eigenvalue weighted by Crippen LogP contribution is 2.35. The molecule has 5 nitrogen and oxygen atoms in total. The molecule has 1 N–H and O–H groups in total. The summed E-state index contributed by atoms with van der Waals surface area (Å²) in [4.78, 5) is 21.4. The van der Waals surface area contributed by atoms with Crippen LogP contribution in [-0.2, 0) is 4.74 Å². The Morgan fingerprint density at radius 2 is 2.21 bits per heavy atom. The number of carboxylic acid groups (broad SMARTS) is 1. The molecular formula is C7H5BrO5S. The molecule has 0 aliphatic carbocycles. The van der Waals surface area contributed by atoms with Crippen molar-refractivity contribution in [3.05, 3.63) is 14.7 Å². The largest absolute Gasteiger partial charge is 0.513 e. The van der Waals surface area contributed by atoms with E-state index < -0.39 is 12.1 Å². The van der Waals surface area contributed by atoms with E-state index in [1.165, 1.54) is 5.38 Å². The maximum absolute atomic E-state index is 10.8. The van der Waals surface area contributed by atoms with Gasteiger partial charge in [-0.1, -0.05) is 0 Å². The molecule has 0 aliphatic rings. The maximum Gasteiger partial charge on any atom is 0.513 e. The number of halogens is 1. The minimum atomic E-state index is -1.15. The van der Waals surface area contributed by atoms with Crippen LogP contribution >= 0.6 is 27.3 Å². The predicted molar refractivity (Wildman–Crippen MR) is 52.0 cm³/mol. The second-order valence-corrected chi connectivity index (χ2v) is 3.84. The molecule has 0 saturated heterocycles. The summed E-state index contributed by atoms with van der Waals surface area (Å²) in [6.07, 6.45) is -0.952. The van der Waals surface area contributed by atoms with E-state index in [1.54, 1.807) is 0 Å². The minimum Gasteiger partial charge on any atom is -0.477 e. The van der Waals surface area contributed by atoms with Gasteiger partial charge < -0.3 is 14.6 Å². The van der Waals surface area contributed by atoms with E-state index in [4.69, 9.17) is 5.11 Å². The third-order valence-corrected chi connectivity index (χ3v) is 3.09. The molecule has 0 saturated carbocycles. The van der Waals surface area contributed by atoms with Crippen molar-refractivity contribution in [2.24, 2.45) is 0 Å². The highest BCUT2D eigenvalue weighted by Gasteiger charge is 2.20. The normalized spacial score (nSPS) is 9.57. The second kappa shape index (κ2) is 4.43. The highest BCUT2D eigenvalue weighted by molar-refractivity contribution is 9.10. The molecule has 0 aromatic carbocycles. The number of ether oxygens (including phenoxy) is 2. The Morgan fingerprint density at radius 3 is 2.71 bits per heavy atom. The van der Waals surface area contributed by atoms with Gasteiger partial charge in [0.15, 0.2) is 10.6 Å². The molecular weight excluding hydrogens is 276 g/mol. The lowest BCUT2D eigenvalue weighted by molar-refractivity contribution is 0.0697. The zero-order valence-electron chi connectivity index (χ0n) is 6.94. The zero-order valence-corrected chi connectivity index (χ0v) is 9.35. The van der Waals surface area contributed by atoms with Crippen LogP contribution in [0.2, 0.25) is 0 Å². The summed E-state index contributed by atoms with van der Waals surface area (Å²) in [5, 5.41) is 10.2. The smallest absolute Gasteiger partial charge is 0.477 e. The average molecular weight is 281 g/mol. The molecule has 7 heteroatoms. The SMILES string of the molecule is COC(=O)Oc1c(Br)csc1C(=O)O. The molecule has 0 fully saturated rings. The number of thiophene rings is 1. The van der Waals surface area contributed by atoms with Crippen molar-refractivity contribution in [2.75, 3.05) is 7.11 Å². The van der Waals surface area contributed by atoms with Gasteiger partial charge in [0.25, 0.3) is 0 Å². The number of carbonyl (C=O) groups is 2. The molecule has 14 heavy (non-hydrogen) atoms. The van der Waals surface area contributed by atoms with Crippen LogP contribution in [0.5, 0.6) is 5.75 Å². The maximum atomic E-state index is 10.8. The van der Waals surface area contributed by atoms with Crippen LogP contribution < -0.4 is 4.74 Å². The van der Waals surface area contributed by atoms with Gasteiger partial charge in [-0.05, 0) is 15.9 Å². The fraction of sp³-hybridized carbons (Fsp3) is 0.143. The van der Waals surface area contributed by atoms with Gasteiger partial charge >= 0.3 is 12.1 Å². The number of carboxylic acids is 1. The van der Waals surface area contributed by atoms with E-state index in [0.717, 1.165) is 18.4 Å². The van der Waals surface area contributed by atoms with Crippen molar-refractivity contribution in [3.63, 3.8) is 0 Å². The first-order valence-electron chi connectivity index (χ1n) is 3.32. The molecule has 1 heterocycles. The first kappa shape index (κ1) is 11.0. The van der Waals surface area contributed by atoms with Gasteiger partial charge in [-0.2, -0.15) is 0 Å². The van der Waals surface area contributed by atoms with Crippen molar-refractivity contribution in [1.82, 2.24) is 0 Å². The Morgan fingerprint density at radius 1 is 1.57 bits per heavy atom. The molecule has 0 bridgehead atoms. The lowest BCUT2D eigenvalue weighted by Gasteiger charge is -2.01. The van der Waals surface area contributed by atoms with Crippen molar-refractivity contribution < 1.29 is 24.2 Å². The van der Waals surface area contributed by atoms with E-state index in [9.17, 15) is 9.59 Å². The van der Waals surface area contributed by atoms with Gasteiger partial charge in [-0.15, -0.1) is 11.3 Å². The molecule has 0 spiro atoms. The first-order chi connectivity index (χ1) is 6.56. The fourth-order valence-corrected chi connectivity index (χ4v) is 2.07. The first-order valence-corrected chi connectivity index (χ1v) is 4.99. The molecule has 0 amide bonds. The van der Waals surface area contributed by atoms with Crippen LogP contribution in [0, 0.1) is 0 Å². The summed E-state index contributed by atoms with van der Waals surface area (Å²) in [7, 11) is 1.14. The van der Waals surface area contributed by atoms with Gasteiger partial charge in [0.1, 0.15) is 0 Å². The molecule has 76 valence electrons. The van der Waals surface area contributed by atoms with Gasteiger partial charge in [-0.25, -0.2) is 9.59 Å². The van der Waals surface area contributed by atoms with E-state index in [0.29, 0.717) is 4.47 Å². The third-order valence-electron chi connectivity index (χ3n) is 1.25. The van der Waals surface area contributed by atoms with Gasteiger partial charge in [-0.3, -0.25) is 0 Å². The van der Waals surface area contributed by atoms with E-state index >= 15 is 0 Å². The lowest BCUT2D eigenvalue weighted by Crippen LogP contribution is -2.09. The summed E-state index contributed by atoms with van der Waals surface area (Å²) in [5.41, 5.74) is 0. The molecule has 0 aliphatic heterocycles. The van der Waals surface area contributed by atoms with Crippen LogP contribution in [0.3, 0.4) is 0 Å². The zero-order chi connectivity index (χ0) is 10.7. The quantitative estimate of drug-likeness (QED) is 0.842. The van der Waals surface area contributed by atoms with Crippen molar-refractivity contribution in [3.8, 4) is 5.75 Å². The molecule has 0 radical (unpaired) electrons. The van der Waals surface area contributed by atoms with Gasteiger partial charge in [0.05, 0.1) is 11.6 Å². The van der Waals surface area contributed by atoms with Gasteiger partial charge in [0, 0.05) is 5.38 Å². The monoisotopic (exact) mass is 280 g/mol. The molecule has 1 aromatic rings. The number of hydrogen-bond acceptors (Lipinski definition) is 5. The third kappa shape index (κ3) is 2.24. The number of hydrogen-bond donors (Lipinski definition) is 1. The van der Waals surface area contributed by atoms with Crippen molar-refractivity contribution in [2.45, 2.75) is 0 Å². The Hall–Kier alpha value is -1.08. The molecule has 0 unspecified atom stereocenters. The number of aromatic carboxylic acids is 1. The Balaban J connectivity index is 2.99.